The molecule has 1 rings (SSSR count). The largest absolute Gasteiger partial charge is 0.508 e. The molecule has 0 saturated heterocycles. The van der Waals surface area contributed by atoms with Crippen LogP contribution in [0.25, 0.3) is 0 Å². The summed E-state index contributed by atoms with van der Waals surface area (Å²) in [7, 11) is 0. The Bertz CT molecular complexity index is 379. The van der Waals surface area contributed by atoms with E-state index < -0.39 is 0 Å². The van der Waals surface area contributed by atoms with E-state index in [-0.39, 0.29) is 11.7 Å². The second-order valence-corrected chi connectivity index (χ2v) is 4.93. The van der Waals surface area contributed by atoms with E-state index in [1.807, 2.05) is 18.2 Å². The number of hydrogen-bond donors (Lipinski definition) is 1. The monoisotopic (exact) mass is 260 g/mol. The third kappa shape index (κ3) is 6.80. The van der Waals surface area contributed by atoms with Gasteiger partial charge in [-0.25, -0.2) is 0 Å². The molecule has 0 aliphatic heterocycles. The van der Waals surface area contributed by atoms with Gasteiger partial charge >= 0.3 is 0 Å². The van der Waals surface area contributed by atoms with E-state index in [2.05, 4.69) is 13.0 Å². The van der Waals surface area contributed by atoms with Gasteiger partial charge < -0.3 is 9.90 Å². The normalized spacial score (nSPS) is 12.7. The predicted molar refractivity (Wildman–Crippen MR) is 79.3 cm³/mol. The highest BCUT2D eigenvalue weighted by Crippen LogP contribution is 2.14. The summed E-state index contributed by atoms with van der Waals surface area (Å²) in [6.07, 6.45) is 11.6. The van der Waals surface area contributed by atoms with E-state index in [4.69, 9.17) is 0 Å². The topological polar surface area (TPSA) is 37.3 Å². The van der Waals surface area contributed by atoms with Gasteiger partial charge in [0.15, 0.2) is 0 Å². The minimum atomic E-state index is 0.00966. The van der Waals surface area contributed by atoms with Gasteiger partial charge in [-0.15, -0.1) is 0 Å². The van der Waals surface area contributed by atoms with Crippen LogP contribution in [0, 0.1) is 5.92 Å². The quantitative estimate of drug-likeness (QED) is 0.409. The minimum absolute atomic E-state index is 0.00966. The van der Waals surface area contributed by atoms with Crippen LogP contribution in [0.15, 0.2) is 36.4 Å². The highest BCUT2D eigenvalue weighted by atomic mass is 16.3. The summed E-state index contributed by atoms with van der Waals surface area (Å²) in [6, 6.07) is 7.18. The summed E-state index contributed by atoms with van der Waals surface area (Å²) in [4.78, 5) is 11.0. The van der Waals surface area contributed by atoms with Gasteiger partial charge in [-0.2, -0.15) is 0 Å². The van der Waals surface area contributed by atoms with Crippen molar-refractivity contribution < 1.29 is 9.90 Å². The number of phenols is 1. The number of hydrogen-bond acceptors (Lipinski definition) is 2. The number of phenolic OH excluding ortho intramolecular Hbond substituents is 1. The number of benzene rings is 1. The molecular formula is C17H24O2. The van der Waals surface area contributed by atoms with Gasteiger partial charge in [0.1, 0.15) is 12.0 Å². The Morgan fingerprint density at radius 1 is 1.21 bits per heavy atom. The first kappa shape index (κ1) is 15.5. The molecule has 0 saturated carbocycles. The van der Waals surface area contributed by atoms with Crippen molar-refractivity contribution in [2.45, 2.75) is 45.4 Å². The molecule has 19 heavy (non-hydrogen) atoms. The Kier molecular flexibility index (Phi) is 7.64. The van der Waals surface area contributed by atoms with Crippen molar-refractivity contribution in [3.63, 3.8) is 0 Å². The van der Waals surface area contributed by atoms with Crippen LogP contribution in [-0.2, 0) is 11.2 Å². The summed E-state index contributed by atoms with van der Waals surface area (Å²) >= 11 is 0. The van der Waals surface area contributed by atoms with Gasteiger partial charge in [0.2, 0.25) is 0 Å². The first-order chi connectivity index (χ1) is 9.26. The molecule has 0 aliphatic rings. The van der Waals surface area contributed by atoms with Crippen LogP contribution in [0.3, 0.4) is 0 Å². The molecule has 0 fully saturated rings. The highest BCUT2D eigenvalue weighted by Gasteiger charge is 2.03. The van der Waals surface area contributed by atoms with Crippen LogP contribution >= 0.6 is 0 Å². The molecular weight excluding hydrogens is 236 g/mol. The molecule has 2 nitrogen and oxygen atoms in total. The van der Waals surface area contributed by atoms with Crippen molar-refractivity contribution in [3.05, 3.63) is 42.0 Å². The summed E-state index contributed by atoms with van der Waals surface area (Å²) < 4.78 is 0. The number of unbranched alkanes of at least 4 members (excludes halogenated alkanes) is 3. The first-order valence-electron chi connectivity index (χ1n) is 7.16. The van der Waals surface area contributed by atoms with Gasteiger partial charge in [0, 0.05) is 5.92 Å². The zero-order chi connectivity index (χ0) is 13.9. The smallest absolute Gasteiger partial charge is 0.126 e. The van der Waals surface area contributed by atoms with Crippen molar-refractivity contribution in [2.75, 3.05) is 0 Å². The van der Waals surface area contributed by atoms with E-state index >= 15 is 0 Å². The Morgan fingerprint density at radius 3 is 2.58 bits per heavy atom. The summed E-state index contributed by atoms with van der Waals surface area (Å²) in [5.41, 5.74) is 1.16. The Hall–Kier alpha value is -1.57. The minimum Gasteiger partial charge on any atom is -0.508 e. The standard InChI is InChI=1S/C17H24O2/c1-2-3-4-5-6-7-16(14-18)9-8-15-10-12-17(19)13-11-15/h6-7,10-14,16,19H,2-5,8-9H2,1H3/t16-/m1/s1. The molecule has 0 unspecified atom stereocenters. The molecule has 1 N–H and O–H groups in total. The molecule has 2 heteroatoms. The lowest BCUT2D eigenvalue weighted by molar-refractivity contribution is -0.110. The predicted octanol–water partition coefficient (Wildman–Crippen LogP) is 4.28. The fraction of sp³-hybridized carbons (Fsp3) is 0.471. The maximum atomic E-state index is 11.0. The zero-order valence-electron chi connectivity index (χ0n) is 11.7. The summed E-state index contributed by atoms with van der Waals surface area (Å²) in [5, 5.41) is 9.20. The molecule has 0 radical (unpaired) electrons. The van der Waals surface area contributed by atoms with Crippen LogP contribution < -0.4 is 0 Å². The third-order valence-electron chi connectivity index (χ3n) is 3.24. The lowest BCUT2D eigenvalue weighted by atomic mass is 9.99. The molecule has 0 spiro atoms. The van der Waals surface area contributed by atoms with Gasteiger partial charge in [-0.05, 0) is 43.4 Å². The fourth-order valence-corrected chi connectivity index (χ4v) is 1.99. The summed E-state index contributed by atoms with van der Waals surface area (Å²) in [6.45, 7) is 2.19. The van der Waals surface area contributed by atoms with Gasteiger partial charge in [-0.1, -0.05) is 44.1 Å². The van der Waals surface area contributed by atoms with E-state index in [1.54, 1.807) is 12.1 Å². The van der Waals surface area contributed by atoms with Crippen molar-refractivity contribution in [1.29, 1.82) is 0 Å². The lowest BCUT2D eigenvalue weighted by Crippen LogP contribution is -2.00. The SMILES string of the molecule is CCCCCC=C[C@@H](C=O)CCc1ccc(O)cc1. The summed E-state index contributed by atoms with van der Waals surface area (Å²) in [5.74, 6) is 0.293. The fourth-order valence-electron chi connectivity index (χ4n) is 1.99. The van der Waals surface area contributed by atoms with Crippen molar-refractivity contribution in [2.24, 2.45) is 5.92 Å². The van der Waals surface area contributed by atoms with Crippen LogP contribution in [0.5, 0.6) is 5.75 Å². The van der Waals surface area contributed by atoms with Crippen LogP contribution in [0.2, 0.25) is 0 Å². The number of aromatic hydroxyl groups is 1. The molecule has 104 valence electrons. The second-order valence-electron chi connectivity index (χ2n) is 4.93. The Balaban J connectivity index is 2.31. The maximum Gasteiger partial charge on any atom is 0.126 e. The van der Waals surface area contributed by atoms with Gasteiger partial charge in [-0.3, -0.25) is 0 Å². The molecule has 0 bridgehead atoms. The molecule has 1 aromatic rings. The Labute approximate surface area is 116 Å². The van der Waals surface area contributed by atoms with Crippen molar-refractivity contribution in [1.82, 2.24) is 0 Å². The second kappa shape index (κ2) is 9.37. The average Bonchev–Trinajstić information content (AvgIpc) is 2.44. The van der Waals surface area contributed by atoms with Gasteiger partial charge in [0.05, 0.1) is 0 Å². The number of carbonyl (C=O) groups is 1. The number of rotatable bonds is 9. The first-order valence-corrected chi connectivity index (χ1v) is 7.16. The number of allylic oxidation sites excluding steroid dienone is 2. The lowest BCUT2D eigenvalue weighted by Gasteiger charge is -2.05. The van der Waals surface area contributed by atoms with E-state index in [0.29, 0.717) is 0 Å². The molecule has 0 aromatic heterocycles. The van der Waals surface area contributed by atoms with Crippen LogP contribution in [0.1, 0.15) is 44.6 Å². The van der Waals surface area contributed by atoms with Crippen molar-refractivity contribution >= 4 is 6.29 Å². The highest BCUT2D eigenvalue weighted by molar-refractivity contribution is 5.56. The molecule has 0 heterocycles. The Morgan fingerprint density at radius 2 is 1.95 bits per heavy atom. The van der Waals surface area contributed by atoms with E-state index in [0.717, 1.165) is 31.1 Å². The molecule has 0 amide bonds. The number of aldehydes is 1. The zero-order valence-corrected chi connectivity index (χ0v) is 11.7. The maximum absolute atomic E-state index is 11.0. The van der Waals surface area contributed by atoms with Crippen molar-refractivity contribution in [3.8, 4) is 5.75 Å². The van der Waals surface area contributed by atoms with Crippen LogP contribution in [-0.4, -0.2) is 11.4 Å². The molecule has 1 aromatic carbocycles. The molecule has 1 atom stereocenters. The number of aryl methyl sites for hydroxylation is 1. The van der Waals surface area contributed by atoms with E-state index in [9.17, 15) is 9.90 Å². The van der Waals surface area contributed by atoms with Gasteiger partial charge in [0.25, 0.3) is 0 Å². The van der Waals surface area contributed by atoms with E-state index in [1.165, 1.54) is 19.3 Å². The molecule has 0 aliphatic carbocycles. The third-order valence-corrected chi connectivity index (χ3v) is 3.24. The number of carbonyl (C=O) groups excluding carboxylic acids is 1. The average molecular weight is 260 g/mol. The van der Waals surface area contributed by atoms with Crippen LogP contribution in [0.4, 0.5) is 0 Å².